The zero-order valence-electron chi connectivity index (χ0n) is 16.8. The largest absolute Gasteiger partial charge is 0.408 e. The van der Waals surface area contributed by atoms with Crippen molar-refractivity contribution < 1.29 is 9.15 Å². The molecule has 3 aromatic carbocycles. The van der Waals surface area contributed by atoms with Crippen LogP contribution in [0.4, 0.5) is 11.4 Å². The summed E-state index contributed by atoms with van der Waals surface area (Å²) in [4.78, 5) is 21.6. The van der Waals surface area contributed by atoms with Crippen molar-refractivity contribution in [2.75, 3.05) is 5.73 Å². The molecule has 31 heavy (non-hydrogen) atoms. The second kappa shape index (κ2) is 7.81. The molecule has 154 valence electrons. The molecule has 6 heteroatoms. The fourth-order valence-corrected chi connectivity index (χ4v) is 3.95. The summed E-state index contributed by atoms with van der Waals surface area (Å²) < 4.78 is 11.9. The number of hydrogen-bond donors (Lipinski definition) is 1. The number of benzene rings is 3. The summed E-state index contributed by atoms with van der Waals surface area (Å²) in [6.45, 7) is 0.437. The summed E-state index contributed by atoms with van der Waals surface area (Å²) in [5.41, 5.74) is 8.57. The van der Waals surface area contributed by atoms with E-state index in [-0.39, 0.29) is 0 Å². The highest BCUT2D eigenvalue weighted by Gasteiger charge is 2.37. The van der Waals surface area contributed by atoms with Gasteiger partial charge in [-0.05, 0) is 30.2 Å². The van der Waals surface area contributed by atoms with Crippen molar-refractivity contribution in [2.45, 2.75) is 25.0 Å². The van der Waals surface area contributed by atoms with Gasteiger partial charge in [0.2, 0.25) is 0 Å². The summed E-state index contributed by atoms with van der Waals surface area (Å²) in [5.74, 6) is 0.351. The maximum atomic E-state index is 12.5. The summed E-state index contributed by atoms with van der Waals surface area (Å²) in [5, 5.41) is 0.314. The molecule has 1 aliphatic rings. The van der Waals surface area contributed by atoms with Crippen LogP contribution in [0, 0.1) is 0 Å². The van der Waals surface area contributed by atoms with E-state index in [0.717, 1.165) is 16.8 Å². The molecule has 0 spiro atoms. The number of hydrogen-bond acceptors (Lipinski definition) is 6. The number of para-hydroxylation sites is 1. The monoisotopic (exact) mass is 411 g/mol. The lowest BCUT2D eigenvalue weighted by molar-refractivity contribution is -0.00940. The standard InChI is InChI=1S/C25H21N3O3/c26-19-10-6-12-21-23(19)24(29)31-22(28-21)13-14-25(30-15-17-7-2-1-3-8-17)16-27-20-11-5-4-9-18(20)25/h1-12,16H,13-15,26H2. The molecule has 2 heterocycles. The van der Waals surface area contributed by atoms with Crippen LogP contribution in [0.1, 0.15) is 23.4 Å². The minimum absolute atomic E-state index is 0.314. The number of fused-ring (bicyclic) bond motifs is 2. The maximum absolute atomic E-state index is 12.5. The van der Waals surface area contributed by atoms with E-state index >= 15 is 0 Å². The molecule has 1 aromatic heterocycles. The number of aryl methyl sites for hydroxylation is 1. The van der Waals surface area contributed by atoms with Gasteiger partial charge in [-0.25, -0.2) is 9.78 Å². The van der Waals surface area contributed by atoms with Crippen molar-refractivity contribution in [3.05, 3.63) is 100 Å². The van der Waals surface area contributed by atoms with Crippen molar-refractivity contribution in [3.8, 4) is 0 Å². The highest BCUT2D eigenvalue weighted by molar-refractivity contribution is 5.88. The van der Waals surface area contributed by atoms with Crippen molar-refractivity contribution in [1.29, 1.82) is 0 Å². The highest BCUT2D eigenvalue weighted by atomic mass is 16.5. The van der Waals surface area contributed by atoms with Crippen LogP contribution in [0.25, 0.3) is 10.9 Å². The molecule has 1 aliphatic heterocycles. The molecule has 1 unspecified atom stereocenters. The van der Waals surface area contributed by atoms with E-state index in [2.05, 4.69) is 9.98 Å². The zero-order valence-corrected chi connectivity index (χ0v) is 16.8. The van der Waals surface area contributed by atoms with Gasteiger partial charge in [0.15, 0.2) is 5.89 Å². The smallest absolute Gasteiger partial charge is 0.348 e. The van der Waals surface area contributed by atoms with Crippen LogP contribution in [0.15, 0.2) is 87.0 Å². The van der Waals surface area contributed by atoms with Gasteiger partial charge in [0.05, 0.1) is 17.8 Å². The van der Waals surface area contributed by atoms with Crippen molar-refractivity contribution >= 4 is 28.5 Å². The average Bonchev–Trinajstić information content (AvgIpc) is 3.16. The minimum atomic E-state index is -0.725. The zero-order chi connectivity index (χ0) is 21.3. The van der Waals surface area contributed by atoms with Gasteiger partial charge in [0.1, 0.15) is 11.0 Å². The first-order valence-corrected chi connectivity index (χ1v) is 10.2. The van der Waals surface area contributed by atoms with Gasteiger partial charge in [0, 0.05) is 23.9 Å². The third-order valence-corrected chi connectivity index (χ3v) is 5.56. The molecule has 5 rings (SSSR count). The quantitative estimate of drug-likeness (QED) is 0.471. The number of nitrogens with two attached hydrogens (primary N) is 1. The first-order chi connectivity index (χ1) is 15.1. The summed E-state index contributed by atoms with van der Waals surface area (Å²) >= 11 is 0. The second-order valence-electron chi connectivity index (χ2n) is 7.58. The lowest BCUT2D eigenvalue weighted by Crippen LogP contribution is -2.30. The second-order valence-corrected chi connectivity index (χ2v) is 7.58. The number of nitrogen functional groups attached to an aromatic ring is 1. The molecule has 0 bridgehead atoms. The molecule has 0 aliphatic carbocycles. The fourth-order valence-electron chi connectivity index (χ4n) is 3.95. The predicted octanol–water partition coefficient (Wildman–Crippen LogP) is 4.53. The number of rotatable bonds is 6. The Morgan fingerprint density at radius 1 is 0.968 bits per heavy atom. The van der Waals surface area contributed by atoms with Crippen LogP contribution in [0.2, 0.25) is 0 Å². The first-order valence-electron chi connectivity index (χ1n) is 10.2. The van der Waals surface area contributed by atoms with Gasteiger partial charge < -0.3 is 14.9 Å². The summed E-state index contributed by atoms with van der Waals surface area (Å²) in [7, 11) is 0. The van der Waals surface area contributed by atoms with E-state index in [1.807, 2.05) is 60.8 Å². The highest BCUT2D eigenvalue weighted by Crippen LogP contribution is 2.41. The number of aromatic nitrogens is 1. The van der Waals surface area contributed by atoms with Crippen LogP contribution in [-0.4, -0.2) is 11.2 Å². The van der Waals surface area contributed by atoms with Gasteiger partial charge in [0.25, 0.3) is 0 Å². The van der Waals surface area contributed by atoms with Crippen LogP contribution in [0.5, 0.6) is 0 Å². The Morgan fingerprint density at radius 3 is 2.65 bits per heavy atom. The SMILES string of the molecule is Nc1cccc2nc(CCC3(OCc4ccccc4)C=Nc4ccccc43)oc(=O)c12. The van der Waals surface area contributed by atoms with E-state index in [9.17, 15) is 4.79 Å². The molecule has 0 radical (unpaired) electrons. The first kappa shape index (κ1) is 19.2. The van der Waals surface area contributed by atoms with Gasteiger partial charge in [-0.3, -0.25) is 4.99 Å². The van der Waals surface area contributed by atoms with Crippen LogP contribution in [-0.2, 0) is 23.4 Å². The number of nitrogens with zero attached hydrogens (tertiary/aromatic N) is 2. The van der Waals surface area contributed by atoms with E-state index in [4.69, 9.17) is 14.9 Å². The Morgan fingerprint density at radius 2 is 1.77 bits per heavy atom. The Balaban J connectivity index is 1.45. The molecular formula is C25H21N3O3. The Kier molecular flexibility index (Phi) is 4.84. The maximum Gasteiger partial charge on any atom is 0.348 e. The van der Waals surface area contributed by atoms with Crippen LogP contribution >= 0.6 is 0 Å². The van der Waals surface area contributed by atoms with Gasteiger partial charge in [-0.1, -0.05) is 54.6 Å². The van der Waals surface area contributed by atoms with E-state index in [1.165, 1.54) is 0 Å². The van der Waals surface area contributed by atoms with E-state index in [0.29, 0.717) is 41.9 Å². The molecule has 0 amide bonds. The van der Waals surface area contributed by atoms with Gasteiger partial charge in [-0.15, -0.1) is 0 Å². The minimum Gasteiger partial charge on any atom is -0.408 e. The van der Waals surface area contributed by atoms with Crippen molar-refractivity contribution in [1.82, 2.24) is 4.98 Å². The summed E-state index contributed by atoms with van der Waals surface area (Å²) in [6.07, 6.45) is 2.79. The third kappa shape index (κ3) is 3.62. The normalized spacial score (nSPS) is 17.2. The lowest BCUT2D eigenvalue weighted by Gasteiger charge is -2.28. The molecule has 1 atom stereocenters. The summed E-state index contributed by atoms with van der Waals surface area (Å²) in [6, 6.07) is 23.1. The number of anilines is 1. The fraction of sp³-hybridized carbons (Fsp3) is 0.160. The lowest BCUT2D eigenvalue weighted by atomic mass is 9.90. The molecule has 0 saturated heterocycles. The molecular weight excluding hydrogens is 390 g/mol. The third-order valence-electron chi connectivity index (χ3n) is 5.56. The Labute approximate surface area is 179 Å². The Bertz CT molecular complexity index is 1330. The van der Waals surface area contributed by atoms with Crippen LogP contribution < -0.4 is 11.4 Å². The van der Waals surface area contributed by atoms with E-state index in [1.54, 1.807) is 18.2 Å². The molecule has 0 saturated carbocycles. The Hall–Kier alpha value is -3.77. The number of aliphatic imine (C=N–C) groups is 1. The van der Waals surface area contributed by atoms with Crippen molar-refractivity contribution in [3.63, 3.8) is 0 Å². The van der Waals surface area contributed by atoms with Gasteiger partial charge >= 0.3 is 5.63 Å². The topological polar surface area (TPSA) is 90.7 Å². The van der Waals surface area contributed by atoms with E-state index < -0.39 is 11.2 Å². The molecule has 2 N–H and O–H groups in total. The molecule has 6 nitrogen and oxygen atoms in total. The molecule has 0 fully saturated rings. The van der Waals surface area contributed by atoms with Gasteiger partial charge in [-0.2, -0.15) is 0 Å². The molecule has 4 aromatic rings. The number of ether oxygens (including phenoxy) is 1. The predicted molar refractivity (Wildman–Crippen MR) is 121 cm³/mol. The average molecular weight is 411 g/mol. The van der Waals surface area contributed by atoms with Crippen LogP contribution in [0.3, 0.4) is 0 Å². The van der Waals surface area contributed by atoms with Crippen molar-refractivity contribution in [2.24, 2.45) is 4.99 Å².